The van der Waals surface area contributed by atoms with Gasteiger partial charge >= 0.3 is 11.9 Å². The van der Waals surface area contributed by atoms with Crippen molar-refractivity contribution >= 4 is 39.7 Å². The van der Waals surface area contributed by atoms with Crippen LogP contribution in [0.3, 0.4) is 0 Å². The van der Waals surface area contributed by atoms with Gasteiger partial charge in [-0.05, 0) is 36.5 Å². The van der Waals surface area contributed by atoms with Crippen molar-refractivity contribution < 1.29 is 28.7 Å². The van der Waals surface area contributed by atoms with Crippen molar-refractivity contribution in [3.63, 3.8) is 0 Å². The van der Waals surface area contributed by atoms with Gasteiger partial charge in [0, 0.05) is 18.3 Å². The largest absolute Gasteiger partial charge is 0.467 e. The summed E-state index contributed by atoms with van der Waals surface area (Å²) < 4.78 is 10.9. The highest BCUT2D eigenvalue weighted by Gasteiger charge is 2.35. The summed E-state index contributed by atoms with van der Waals surface area (Å²) in [5, 5.41) is 5.29. The molecule has 0 aromatic heterocycles. The molecule has 0 aliphatic heterocycles. The fourth-order valence-electron chi connectivity index (χ4n) is 2.95. The van der Waals surface area contributed by atoms with Crippen LogP contribution in [0, 0.1) is 5.92 Å². The minimum absolute atomic E-state index is 0.107. The maximum absolute atomic E-state index is 13.0. The van der Waals surface area contributed by atoms with Crippen LogP contribution in [0.1, 0.15) is 39.7 Å². The van der Waals surface area contributed by atoms with Crippen LogP contribution in [0.2, 0.25) is 0 Å². The highest BCUT2D eigenvalue weighted by Crippen LogP contribution is 2.15. The Balaban J connectivity index is 3.16. The zero-order chi connectivity index (χ0) is 22.8. The Morgan fingerprint density at radius 1 is 1.03 bits per heavy atom. The third-order valence-corrected chi connectivity index (χ3v) is 4.71. The van der Waals surface area contributed by atoms with Gasteiger partial charge in [-0.3, -0.25) is 14.4 Å². The summed E-state index contributed by atoms with van der Waals surface area (Å²) in [6, 6.07) is 5.60. The normalized spacial score (nSPS) is 13.7. The quantitative estimate of drug-likeness (QED) is 0.492. The highest BCUT2D eigenvalue weighted by molar-refractivity contribution is 9.10. The van der Waals surface area contributed by atoms with Gasteiger partial charge in [0.25, 0.3) is 5.91 Å². The molecule has 0 fully saturated rings. The molecular formula is C21H29BrN2O6. The minimum Gasteiger partial charge on any atom is -0.467 e. The topological polar surface area (TPSA) is 111 Å². The number of benzene rings is 1. The van der Waals surface area contributed by atoms with Gasteiger partial charge in [0.15, 0.2) is 6.10 Å². The first kappa shape index (κ1) is 25.6. The molecule has 1 aromatic rings. The van der Waals surface area contributed by atoms with Gasteiger partial charge in [0.05, 0.1) is 13.2 Å². The van der Waals surface area contributed by atoms with Crippen LogP contribution >= 0.6 is 15.9 Å². The number of nitrogens with one attached hydrogen (secondary N) is 2. The van der Waals surface area contributed by atoms with Crippen molar-refractivity contribution in [1.29, 1.82) is 0 Å². The first-order chi connectivity index (χ1) is 14.0. The minimum atomic E-state index is -1.32. The molecule has 3 atom stereocenters. The van der Waals surface area contributed by atoms with Crippen molar-refractivity contribution in [2.24, 2.45) is 5.92 Å². The molecule has 2 N–H and O–H groups in total. The Kier molecular flexibility index (Phi) is 10.5. The molecule has 0 bridgehead atoms. The Morgan fingerprint density at radius 2 is 1.63 bits per heavy atom. The average Bonchev–Trinajstić information content (AvgIpc) is 2.65. The molecule has 1 aromatic carbocycles. The molecule has 0 heterocycles. The van der Waals surface area contributed by atoms with Crippen molar-refractivity contribution in [2.75, 3.05) is 7.11 Å². The number of ether oxygens (including phenoxy) is 2. The Morgan fingerprint density at radius 3 is 2.10 bits per heavy atom. The van der Waals surface area contributed by atoms with E-state index in [1.807, 2.05) is 38.1 Å². The van der Waals surface area contributed by atoms with E-state index in [1.54, 1.807) is 0 Å². The third kappa shape index (κ3) is 8.94. The first-order valence-electron chi connectivity index (χ1n) is 9.60. The second-order valence-corrected chi connectivity index (χ2v) is 8.30. The number of methoxy groups -OCH3 is 1. The summed E-state index contributed by atoms with van der Waals surface area (Å²) >= 11 is 3.36. The van der Waals surface area contributed by atoms with Crippen molar-refractivity contribution in [3.8, 4) is 0 Å². The average molecular weight is 485 g/mol. The number of halogens is 1. The third-order valence-electron chi connectivity index (χ3n) is 4.18. The Labute approximate surface area is 185 Å². The van der Waals surface area contributed by atoms with Crippen LogP contribution in [0.5, 0.6) is 0 Å². The van der Waals surface area contributed by atoms with Gasteiger partial charge in [-0.25, -0.2) is 4.79 Å². The summed E-state index contributed by atoms with van der Waals surface area (Å²) in [6.07, 6.45) is -0.733. The molecule has 166 valence electrons. The van der Waals surface area contributed by atoms with E-state index < -0.39 is 36.0 Å². The van der Waals surface area contributed by atoms with Crippen molar-refractivity contribution in [2.45, 2.75) is 58.7 Å². The van der Waals surface area contributed by atoms with Crippen LogP contribution in [0.25, 0.3) is 0 Å². The van der Waals surface area contributed by atoms with Gasteiger partial charge in [0.2, 0.25) is 5.91 Å². The smallest absolute Gasteiger partial charge is 0.328 e. The number of carbonyl (C=O) groups is 4. The fourth-order valence-corrected chi connectivity index (χ4v) is 3.21. The molecule has 30 heavy (non-hydrogen) atoms. The van der Waals surface area contributed by atoms with E-state index in [-0.39, 0.29) is 18.2 Å². The molecular weight excluding hydrogens is 456 g/mol. The number of carbonyl (C=O) groups excluding carboxylic acids is 4. The summed E-state index contributed by atoms with van der Waals surface area (Å²) in [4.78, 5) is 48.5. The molecule has 1 unspecified atom stereocenters. The zero-order valence-electron chi connectivity index (χ0n) is 17.9. The van der Waals surface area contributed by atoms with Crippen molar-refractivity contribution in [1.82, 2.24) is 10.6 Å². The molecule has 0 aliphatic carbocycles. The lowest BCUT2D eigenvalue weighted by molar-refractivity contribution is -0.158. The SMILES string of the molecule is COC(=O)C(CC(C)C)NC(=O)[C@@H](OC(C)=O)[C@@H](Cc1ccc(Br)cc1)NC(C)=O. The second kappa shape index (κ2) is 12.3. The van der Waals surface area contributed by atoms with Crippen LogP contribution in [0.4, 0.5) is 0 Å². The van der Waals surface area contributed by atoms with E-state index >= 15 is 0 Å². The standard InChI is InChI=1S/C21H29BrN2O6/c1-12(2)10-18(21(28)29-5)24-20(27)19(30-14(4)26)17(23-13(3)25)11-15-6-8-16(22)9-7-15/h6-9,12,17-19H,10-11H2,1-5H3,(H,23,25)(H,24,27)/t17-,18?,19+/m1/s1. The van der Waals surface area contributed by atoms with Crippen LogP contribution in [-0.2, 0) is 35.1 Å². The highest BCUT2D eigenvalue weighted by atomic mass is 79.9. The van der Waals surface area contributed by atoms with Crippen LogP contribution in [-0.4, -0.2) is 49.1 Å². The monoisotopic (exact) mass is 484 g/mol. The molecule has 0 aliphatic rings. The van der Waals surface area contributed by atoms with E-state index in [2.05, 4.69) is 26.6 Å². The van der Waals surface area contributed by atoms with Gasteiger partial charge in [-0.2, -0.15) is 0 Å². The summed E-state index contributed by atoms with van der Waals surface area (Å²) in [5.74, 6) is -2.23. The maximum atomic E-state index is 13.0. The number of rotatable bonds is 10. The van der Waals surface area contributed by atoms with E-state index in [1.165, 1.54) is 21.0 Å². The number of amides is 2. The zero-order valence-corrected chi connectivity index (χ0v) is 19.4. The molecule has 0 saturated heterocycles. The fraction of sp³-hybridized carbons (Fsp3) is 0.524. The van der Waals surface area contributed by atoms with E-state index in [9.17, 15) is 19.2 Å². The maximum Gasteiger partial charge on any atom is 0.328 e. The molecule has 0 radical (unpaired) electrons. The molecule has 9 heteroatoms. The van der Waals surface area contributed by atoms with Crippen LogP contribution < -0.4 is 10.6 Å². The van der Waals surface area contributed by atoms with Gasteiger partial charge in [-0.1, -0.05) is 41.9 Å². The number of hydrogen-bond donors (Lipinski definition) is 2. The van der Waals surface area contributed by atoms with E-state index in [4.69, 9.17) is 9.47 Å². The first-order valence-corrected chi connectivity index (χ1v) is 10.4. The van der Waals surface area contributed by atoms with Crippen LogP contribution in [0.15, 0.2) is 28.7 Å². The summed E-state index contributed by atoms with van der Waals surface area (Å²) in [7, 11) is 1.24. The Bertz CT molecular complexity index is 750. The van der Waals surface area contributed by atoms with Gasteiger partial charge in [0.1, 0.15) is 6.04 Å². The number of esters is 2. The molecule has 0 saturated carbocycles. The molecule has 8 nitrogen and oxygen atoms in total. The van der Waals surface area contributed by atoms with Gasteiger partial charge < -0.3 is 20.1 Å². The van der Waals surface area contributed by atoms with E-state index in [0.717, 1.165) is 10.0 Å². The predicted octanol–water partition coefficient (Wildman–Crippen LogP) is 2.13. The Hall–Kier alpha value is -2.42. The molecule has 0 spiro atoms. The lowest BCUT2D eigenvalue weighted by atomic mass is 9.99. The lowest BCUT2D eigenvalue weighted by Crippen LogP contribution is -2.56. The van der Waals surface area contributed by atoms with E-state index in [0.29, 0.717) is 6.42 Å². The molecule has 1 rings (SSSR count). The van der Waals surface area contributed by atoms with Gasteiger partial charge in [-0.15, -0.1) is 0 Å². The predicted molar refractivity (Wildman–Crippen MR) is 114 cm³/mol. The summed E-state index contributed by atoms with van der Waals surface area (Å²) in [6.45, 7) is 6.29. The second-order valence-electron chi connectivity index (χ2n) is 7.38. The summed E-state index contributed by atoms with van der Waals surface area (Å²) in [5.41, 5.74) is 0.827. The van der Waals surface area contributed by atoms with Crippen molar-refractivity contribution in [3.05, 3.63) is 34.3 Å². The number of hydrogen-bond acceptors (Lipinski definition) is 6. The molecule has 2 amide bonds. The lowest BCUT2D eigenvalue weighted by Gasteiger charge is -2.28.